The van der Waals surface area contributed by atoms with Crippen molar-refractivity contribution in [1.82, 2.24) is 0 Å². The van der Waals surface area contributed by atoms with Gasteiger partial charge in [-0.25, -0.2) is 0 Å². The maximum absolute atomic E-state index is 9.00. The molecular weight excluding hydrogens is 126 g/mol. The summed E-state index contributed by atoms with van der Waals surface area (Å²) in [5.41, 5.74) is 5.61. The van der Waals surface area contributed by atoms with Gasteiger partial charge in [-0.3, -0.25) is 0 Å². The van der Waals surface area contributed by atoms with Crippen LogP contribution in [0.1, 0.15) is 39.5 Å². The van der Waals surface area contributed by atoms with Gasteiger partial charge in [0.25, 0.3) is 0 Å². The summed E-state index contributed by atoms with van der Waals surface area (Å²) in [6, 6.07) is -0.0217. The summed E-state index contributed by atoms with van der Waals surface area (Å²) in [4.78, 5) is 0. The van der Waals surface area contributed by atoms with Crippen LogP contribution in [0.15, 0.2) is 0 Å². The van der Waals surface area contributed by atoms with Crippen molar-refractivity contribution in [3.63, 3.8) is 0 Å². The maximum atomic E-state index is 9.00. The molecule has 0 bridgehead atoms. The van der Waals surface area contributed by atoms with Crippen LogP contribution in [0.5, 0.6) is 0 Å². The third kappa shape index (κ3) is 4.77. The highest BCUT2D eigenvalue weighted by molar-refractivity contribution is 4.66. The minimum atomic E-state index is -0.350. The second kappa shape index (κ2) is 5.69. The van der Waals surface area contributed by atoms with E-state index < -0.39 is 0 Å². The minimum absolute atomic E-state index is 0.0217. The number of unbranched alkanes of at least 4 members (excludes halogenated alkanes) is 2. The molecule has 2 nitrogen and oxygen atoms in total. The Balaban J connectivity index is 3.13. The molecule has 0 aliphatic rings. The summed E-state index contributed by atoms with van der Waals surface area (Å²) >= 11 is 0. The van der Waals surface area contributed by atoms with Gasteiger partial charge in [-0.05, 0) is 13.3 Å². The Kier molecular flexibility index (Phi) is 5.64. The Hall–Kier alpha value is -0.0800. The Morgan fingerprint density at radius 1 is 1.40 bits per heavy atom. The quantitative estimate of drug-likeness (QED) is 0.572. The van der Waals surface area contributed by atoms with E-state index in [-0.39, 0.29) is 12.1 Å². The molecule has 0 heterocycles. The molecule has 62 valence electrons. The minimum Gasteiger partial charge on any atom is -0.392 e. The molecule has 0 radical (unpaired) electrons. The zero-order valence-corrected chi connectivity index (χ0v) is 7.01. The average molecular weight is 145 g/mol. The van der Waals surface area contributed by atoms with E-state index in [4.69, 9.17) is 10.8 Å². The molecule has 0 spiro atoms. The molecule has 0 aromatic heterocycles. The third-order valence-corrected chi connectivity index (χ3v) is 1.76. The average Bonchev–Trinajstić information content (AvgIpc) is 1.88. The van der Waals surface area contributed by atoms with Gasteiger partial charge in [0, 0.05) is 6.04 Å². The zero-order chi connectivity index (χ0) is 7.98. The largest absolute Gasteiger partial charge is 0.392 e. The standard InChI is InChI=1S/C8H19NO/c1-3-4-5-6-8(9)7(2)10/h7-8,10H,3-6,9H2,1-2H3/t7-,8+/m1/s1. The lowest BCUT2D eigenvalue weighted by atomic mass is 10.1. The van der Waals surface area contributed by atoms with Gasteiger partial charge in [0.05, 0.1) is 6.10 Å². The topological polar surface area (TPSA) is 46.2 Å². The van der Waals surface area contributed by atoms with Crippen molar-refractivity contribution in [2.45, 2.75) is 51.7 Å². The summed E-state index contributed by atoms with van der Waals surface area (Å²) < 4.78 is 0. The van der Waals surface area contributed by atoms with Crippen molar-refractivity contribution < 1.29 is 5.11 Å². The molecule has 0 aromatic carbocycles. The lowest BCUT2D eigenvalue weighted by Crippen LogP contribution is -2.31. The Morgan fingerprint density at radius 3 is 2.40 bits per heavy atom. The molecule has 0 saturated carbocycles. The summed E-state index contributed by atoms with van der Waals surface area (Å²) in [5.74, 6) is 0. The molecule has 2 heteroatoms. The number of nitrogens with two attached hydrogens (primary N) is 1. The van der Waals surface area contributed by atoms with Crippen LogP contribution >= 0.6 is 0 Å². The van der Waals surface area contributed by atoms with Crippen molar-refractivity contribution in [2.24, 2.45) is 5.73 Å². The van der Waals surface area contributed by atoms with E-state index in [2.05, 4.69) is 6.92 Å². The van der Waals surface area contributed by atoms with Gasteiger partial charge in [-0.1, -0.05) is 26.2 Å². The van der Waals surface area contributed by atoms with E-state index in [9.17, 15) is 0 Å². The molecule has 0 aliphatic heterocycles. The van der Waals surface area contributed by atoms with Crippen molar-refractivity contribution in [2.75, 3.05) is 0 Å². The number of aliphatic hydroxyl groups excluding tert-OH is 1. The van der Waals surface area contributed by atoms with E-state index in [1.54, 1.807) is 6.92 Å². The number of hydrogen-bond donors (Lipinski definition) is 2. The van der Waals surface area contributed by atoms with Crippen LogP contribution in [-0.4, -0.2) is 17.3 Å². The second-order valence-corrected chi connectivity index (χ2v) is 2.90. The first-order valence-corrected chi connectivity index (χ1v) is 4.12. The molecule has 10 heavy (non-hydrogen) atoms. The summed E-state index contributed by atoms with van der Waals surface area (Å²) in [6.45, 7) is 3.91. The number of rotatable bonds is 5. The second-order valence-electron chi connectivity index (χ2n) is 2.90. The monoisotopic (exact) mass is 145 g/mol. The van der Waals surface area contributed by atoms with Gasteiger partial charge in [0.2, 0.25) is 0 Å². The van der Waals surface area contributed by atoms with Gasteiger partial charge in [-0.15, -0.1) is 0 Å². The van der Waals surface area contributed by atoms with Crippen LogP contribution in [0.4, 0.5) is 0 Å². The van der Waals surface area contributed by atoms with E-state index in [1.807, 2.05) is 0 Å². The predicted octanol–water partition coefficient (Wildman–Crippen LogP) is 1.27. The molecule has 0 amide bonds. The number of hydrogen-bond acceptors (Lipinski definition) is 2. The Labute approximate surface area is 63.4 Å². The smallest absolute Gasteiger partial charge is 0.0662 e. The van der Waals surface area contributed by atoms with Gasteiger partial charge >= 0.3 is 0 Å². The zero-order valence-electron chi connectivity index (χ0n) is 7.01. The predicted molar refractivity (Wildman–Crippen MR) is 43.8 cm³/mol. The summed E-state index contributed by atoms with van der Waals surface area (Å²) in [6.07, 6.45) is 4.18. The van der Waals surface area contributed by atoms with E-state index in [0.717, 1.165) is 12.8 Å². The fourth-order valence-corrected chi connectivity index (χ4v) is 0.871. The molecule has 0 rings (SSSR count). The van der Waals surface area contributed by atoms with Crippen LogP contribution in [0.25, 0.3) is 0 Å². The van der Waals surface area contributed by atoms with Crippen molar-refractivity contribution in [3.8, 4) is 0 Å². The first-order chi connectivity index (χ1) is 4.68. The molecule has 0 unspecified atom stereocenters. The molecule has 0 saturated heterocycles. The fourth-order valence-electron chi connectivity index (χ4n) is 0.871. The lowest BCUT2D eigenvalue weighted by molar-refractivity contribution is 0.157. The van der Waals surface area contributed by atoms with E-state index in [1.165, 1.54) is 12.8 Å². The van der Waals surface area contributed by atoms with E-state index in [0.29, 0.717) is 0 Å². The molecule has 0 aliphatic carbocycles. The van der Waals surface area contributed by atoms with Crippen molar-refractivity contribution in [3.05, 3.63) is 0 Å². The van der Waals surface area contributed by atoms with Crippen LogP contribution in [-0.2, 0) is 0 Å². The van der Waals surface area contributed by atoms with Gasteiger partial charge < -0.3 is 10.8 Å². The number of aliphatic hydroxyl groups is 1. The molecule has 2 atom stereocenters. The molecule has 0 aromatic rings. The lowest BCUT2D eigenvalue weighted by Gasteiger charge is -2.13. The van der Waals surface area contributed by atoms with Crippen LogP contribution in [0.2, 0.25) is 0 Å². The van der Waals surface area contributed by atoms with Crippen molar-refractivity contribution in [1.29, 1.82) is 0 Å². The summed E-state index contributed by atoms with van der Waals surface area (Å²) in [5, 5.41) is 9.00. The highest BCUT2D eigenvalue weighted by Gasteiger charge is 2.07. The fraction of sp³-hybridized carbons (Fsp3) is 1.00. The highest BCUT2D eigenvalue weighted by Crippen LogP contribution is 2.03. The van der Waals surface area contributed by atoms with Gasteiger partial charge in [-0.2, -0.15) is 0 Å². The highest BCUT2D eigenvalue weighted by atomic mass is 16.3. The Bertz CT molecular complexity index is 73.7. The van der Waals surface area contributed by atoms with Crippen LogP contribution in [0, 0.1) is 0 Å². The van der Waals surface area contributed by atoms with Gasteiger partial charge in [0.15, 0.2) is 0 Å². The van der Waals surface area contributed by atoms with E-state index >= 15 is 0 Å². The SMILES string of the molecule is CCCCC[C@H](N)[C@@H](C)O. The Morgan fingerprint density at radius 2 is 2.00 bits per heavy atom. The van der Waals surface area contributed by atoms with Crippen molar-refractivity contribution >= 4 is 0 Å². The molecular formula is C8H19NO. The third-order valence-electron chi connectivity index (χ3n) is 1.76. The van der Waals surface area contributed by atoms with Gasteiger partial charge in [0.1, 0.15) is 0 Å². The van der Waals surface area contributed by atoms with Crippen LogP contribution in [0.3, 0.4) is 0 Å². The molecule has 3 N–H and O–H groups in total. The van der Waals surface area contributed by atoms with Crippen LogP contribution < -0.4 is 5.73 Å². The normalized spacial score (nSPS) is 16.8. The summed E-state index contributed by atoms with van der Waals surface area (Å²) in [7, 11) is 0. The first-order valence-electron chi connectivity index (χ1n) is 4.12. The maximum Gasteiger partial charge on any atom is 0.0662 e. The first kappa shape index (κ1) is 9.92. The molecule has 0 fully saturated rings.